The van der Waals surface area contributed by atoms with E-state index in [1.807, 2.05) is 6.92 Å². The fraction of sp³-hybridized carbons (Fsp3) is 0.727. The fourth-order valence-corrected chi connectivity index (χ4v) is 1.76. The van der Waals surface area contributed by atoms with Crippen LogP contribution in [0, 0.1) is 5.92 Å². The van der Waals surface area contributed by atoms with Crippen LogP contribution >= 0.6 is 0 Å². The first-order chi connectivity index (χ1) is 6.75. The van der Waals surface area contributed by atoms with Gasteiger partial charge in [-0.05, 0) is 32.6 Å². The summed E-state index contributed by atoms with van der Waals surface area (Å²) in [5.41, 5.74) is 5.94. The largest absolute Gasteiger partial charge is 0.466 e. The Balaban J connectivity index is 2.54. The van der Waals surface area contributed by atoms with Crippen molar-refractivity contribution in [2.24, 2.45) is 11.7 Å². The van der Waals surface area contributed by atoms with Crippen LogP contribution in [-0.2, 0) is 9.53 Å². The standard InChI is InChI=1S/C11H19NO2/c1-2-14-11(13)9-7-5-3-4-6-8-10(9)12/h3-4,9-10H,2,5-8,12H2,1H3/t9-,10+/m1/s1. The molecule has 0 saturated carbocycles. The van der Waals surface area contributed by atoms with Gasteiger partial charge >= 0.3 is 5.97 Å². The lowest BCUT2D eigenvalue weighted by Gasteiger charge is -2.22. The number of carbonyl (C=O) groups is 1. The van der Waals surface area contributed by atoms with Gasteiger partial charge < -0.3 is 10.5 Å². The minimum Gasteiger partial charge on any atom is -0.466 e. The average Bonchev–Trinajstić information content (AvgIpc) is 2.12. The Hall–Kier alpha value is -0.830. The lowest BCUT2D eigenvalue weighted by molar-refractivity contribution is -0.149. The number of hydrogen-bond donors (Lipinski definition) is 1. The van der Waals surface area contributed by atoms with Crippen molar-refractivity contribution in [1.29, 1.82) is 0 Å². The van der Waals surface area contributed by atoms with Gasteiger partial charge in [0.15, 0.2) is 0 Å². The summed E-state index contributed by atoms with van der Waals surface area (Å²) in [6, 6.07) is -0.0426. The summed E-state index contributed by atoms with van der Waals surface area (Å²) in [5.74, 6) is -0.241. The summed E-state index contributed by atoms with van der Waals surface area (Å²) < 4.78 is 5.01. The van der Waals surface area contributed by atoms with Gasteiger partial charge in [0, 0.05) is 6.04 Å². The molecule has 1 aliphatic carbocycles. The lowest BCUT2D eigenvalue weighted by Crippen LogP contribution is -2.37. The number of carbonyl (C=O) groups excluding carboxylic acids is 1. The molecule has 80 valence electrons. The van der Waals surface area contributed by atoms with Gasteiger partial charge in [0.25, 0.3) is 0 Å². The Kier molecular flexibility index (Phi) is 4.66. The molecule has 0 fully saturated rings. The molecule has 0 aliphatic heterocycles. The van der Waals surface area contributed by atoms with Crippen LogP contribution in [0.2, 0.25) is 0 Å². The van der Waals surface area contributed by atoms with Crippen LogP contribution in [-0.4, -0.2) is 18.6 Å². The average molecular weight is 197 g/mol. The molecule has 0 saturated heterocycles. The van der Waals surface area contributed by atoms with Gasteiger partial charge in [-0.2, -0.15) is 0 Å². The van der Waals surface area contributed by atoms with Crippen molar-refractivity contribution in [1.82, 2.24) is 0 Å². The summed E-state index contributed by atoms with van der Waals surface area (Å²) in [7, 11) is 0. The molecule has 0 aromatic rings. The van der Waals surface area contributed by atoms with E-state index in [0.717, 1.165) is 25.7 Å². The molecule has 1 rings (SSSR count). The van der Waals surface area contributed by atoms with Crippen molar-refractivity contribution < 1.29 is 9.53 Å². The number of rotatable bonds is 2. The van der Waals surface area contributed by atoms with E-state index in [1.54, 1.807) is 0 Å². The predicted molar refractivity (Wildman–Crippen MR) is 55.7 cm³/mol. The first-order valence-electron chi connectivity index (χ1n) is 5.33. The molecule has 0 bridgehead atoms. The zero-order valence-electron chi connectivity index (χ0n) is 8.74. The second kappa shape index (κ2) is 5.81. The van der Waals surface area contributed by atoms with E-state index >= 15 is 0 Å². The zero-order valence-corrected chi connectivity index (χ0v) is 8.74. The number of ether oxygens (including phenoxy) is 1. The van der Waals surface area contributed by atoms with E-state index in [9.17, 15) is 4.79 Å². The van der Waals surface area contributed by atoms with Crippen LogP contribution < -0.4 is 5.73 Å². The maximum Gasteiger partial charge on any atom is 0.310 e. The summed E-state index contributed by atoms with van der Waals surface area (Å²) in [4.78, 5) is 11.5. The topological polar surface area (TPSA) is 52.3 Å². The maximum absolute atomic E-state index is 11.5. The quantitative estimate of drug-likeness (QED) is 0.540. The third-order valence-corrected chi connectivity index (χ3v) is 2.58. The lowest BCUT2D eigenvalue weighted by atomic mass is 9.90. The van der Waals surface area contributed by atoms with Gasteiger partial charge in [-0.3, -0.25) is 4.79 Å². The van der Waals surface area contributed by atoms with Crippen LogP contribution in [0.25, 0.3) is 0 Å². The third kappa shape index (κ3) is 3.14. The molecule has 3 nitrogen and oxygen atoms in total. The SMILES string of the molecule is CCOC(=O)[C@@H]1CCC=CCC[C@@H]1N. The summed E-state index contributed by atoms with van der Waals surface area (Å²) in [6.45, 7) is 2.27. The highest BCUT2D eigenvalue weighted by Gasteiger charge is 2.26. The van der Waals surface area contributed by atoms with Crippen molar-refractivity contribution in [3.8, 4) is 0 Å². The highest BCUT2D eigenvalue weighted by atomic mass is 16.5. The van der Waals surface area contributed by atoms with Gasteiger partial charge in [0.1, 0.15) is 0 Å². The second-order valence-corrected chi connectivity index (χ2v) is 3.65. The molecule has 0 spiro atoms. The molecule has 2 atom stereocenters. The Morgan fingerprint density at radius 2 is 2.07 bits per heavy atom. The molecule has 0 amide bonds. The molecular formula is C11H19NO2. The minimum atomic E-state index is -0.129. The van der Waals surface area contributed by atoms with E-state index in [0.29, 0.717) is 6.61 Å². The first kappa shape index (κ1) is 11.2. The second-order valence-electron chi connectivity index (χ2n) is 3.65. The predicted octanol–water partition coefficient (Wildman–Crippen LogP) is 1.62. The number of nitrogens with two attached hydrogens (primary N) is 1. The smallest absolute Gasteiger partial charge is 0.310 e. The molecule has 14 heavy (non-hydrogen) atoms. The molecule has 3 heteroatoms. The molecule has 0 unspecified atom stereocenters. The minimum absolute atomic E-state index is 0.0426. The normalized spacial score (nSPS) is 27.9. The molecule has 1 aliphatic rings. The van der Waals surface area contributed by atoms with Gasteiger partial charge in [0.05, 0.1) is 12.5 Å². The number of hydrogen-bond acceptors (Lipinski definition) is 3. The molecule has 0 heterocycles. The van der Waals surface area contributed by atoms with Crippen LogP contribution in [0.1, 0.15) is 32.6 Å². The van der Waals surface area contributed by atoms with E-state index in [2.05, 4.69) is 12.2 Å². The van der Waals surface area contributed by atoms with Crippen molar-refractivity contribution in [3.05, 3.63) is 12.2 Å². The molecular weight excluding hydrogens is 178 g/mol. The Morgan fingerprint density at radius 1 is 1.43 bits per heavy atom. The van der Waals surface area contributed by atoms with Gasteiger partial charge in [-0.15, -0.1) is 0 Å². The van der Waals surface area contributed by atoms with Crippen LogP contribution in [0.15, 0.2) is 12.2 Å². The third-order valence-electron chi connectivity index (χ3n) is 2.58. The van der Waals surface area contributed by atoms with Gasteiger partial charge in [0.2, 0.25) is 0 Å². The van der Waals surface area contributed by atoms with Crippen LogP contribution in [0.4, 0.5) is 0 Å². The number of esters is 1. The first-order valence-corrected chi connectivity index (χ1v) is 5.33. The van der Waals surface area contributed by atoms with Crippen molar-refractivity contribution >= 4 is 5.97 Å². The maximum atomic E-state index is 11.5. The summed E-state index contributed by atoms with van der Waals surface area (Å²) in [5, 5.41) is 0. The highest BCUT2D eigenvalue weighted by Crippen LogP contribution is 2.19. The fourth-order valence-electron chi connectivity index (χ4n) is 1.76. The van der Waals surface area contributed by atoms with Crippen molar-refractivity contribution in [3.63, 3.8) is 0 Å². The molecule has 0 aromatic heterocycles. The summed E-state index contributed by atoms with van der Waals surface area (Å²) >= 11 is 0. The van der Waals surface area contributed by atoms with E-state index in [1.165, 1.54) is 0 Å². The van der Waals surface area contributed by atoms with Crippen LogP contribution in [0.3, 0.4) is 0 Å². The Bertz CT molecular complexity index is 213. The van der Waals surface area contributed by atoms with Crippen molar-refractivity contribution in [2.75, 3.05) is 6.61 Å². The van der Waals surface area contributed by atoms with Crippen molar-refractivity contribution in [2.45, 2.75) is 38.6 Å². The highest BCUT2D eigenvalue weighted by molar-refractivity contribution is 5.73. The van der Waals surface area contributed by atoms with E-state index in [4.69, 9.17) is 10.5 Å². The Morgan fingerprint density at radius 3 is 2.71 bits per heavy atom. The van der Waals surface area contributed by atoms with Crippen LogP contribution in [0.5, 0.6) is 0 Å². The molecule has 2 N–H and O–H groups in total. The number of allylic oxidation sites excluding steroid dienone is 2. The van der Waals surface area contributed by atoms with E-state index in [-0.39, 0.29) is 17.9 Å². The van der Waals surface area contributed by atoms with Gasteiger partial charge in [-0.25, -0.2) is 0 Å². The zero-order chi connectivity index (χ0) is 10.4. The Labute approximate surface area is 85.3 Å². The molecule has 0 aromatic carbocycles. The molecule has 0 radical (unpaired) electrons. The monoisotopic (exact) mass is 197 g/mol. The van der Waals surface area contributed by atoms with Gasteiger partial charge in [-0.1, -0.05) is 12.2 Å². The van der Waals surface area contributed by atoms with E-state index < -0.39 is 0 Å². The summed E-state index contributed by atoms with van der Waals surface area (Å²) in [6.07, 6.45) is 7.85.